The molecule has 21 heavy (non-hydrogen) atoms. The van der Waals surface area contributed by atoms with Crippen LogP contribution in [0.5, 0.6) is 11.5 Å². The van der Waals surface area contributed by atoms with Crippen LogP contribution in [0.25, 0.3) is 11.0 Å². The molecule has 0 radical (unpaired) electrons. The molecule has 1 heterocycles. The van der Waals surface area contributed by atoms with Gasteiger partial charge in [0.25, 0.3) is 0 Å². The van der Waals surface area contributed by atoms with Crippen molar-refractivity contribution in [2.45, 2.75) is 0 Å². The van der Waals surface area contributed by atoms with E-state index in [9.17, 15) is 4.39 Å². The number of nitrogens with two attached hydrogens (primary N) is 1. The average Bonchev–Trinajstić information content (AvgIpc) is 2.83. The number of anilines is 1. The molecular weight excluding hydrogens is 295 g/mol. The lowest BCUT2D eigenvalue weighted by Gasteiger charge is -2.08. The van der Waals surface area contributed by atoms with Crippen LogP contribution >= 0.6 is 11.6 Å². The lowest BCUT2D eigenvalue weighted by atomic mass is 10.2. The number of hydrogen-bond acceptors (Lipinski definition) is 4. The van der Waals surface area contributed by atoms with Crippen LogP contribution in [0.15, 0.2) is 40.8 Å². The number of hydrogen-bond donors (Lipinski definition) is 1. The molecule has 0 amide bonds. The summed E-state index contributed by atoms with van der Waals surface area (Å²) in [5, 5.41) is 9.62. The van der Waals surface area contributed by atoms with Crippen molar-refractivity contribution >= 4 is 28.3 Å². The first-order valence-corrected chi connectivity index (χ1v) is 6.32. The number of benzene rings is 2. The van der Waals surface area contributed by atoms with Gasteiger partial charge in [-0.3, -0.25) is 0 Å². The zero-order valence-electron chi connectivity index (χ0n) is 10.6. The molecule has 0 saturated carbocycles. The molecule has 0 aliphatic heterocycles. The number of nitriles is 1. The Morgan fingerprint density at radius 1 is 1.29 bits per heavy atom. The highest BCUT2D eigenvalue weighted by molar-refractivity contribution is 6.31. The van der Waals surface area contributed by atoms with Crippen LogP contribution in [-0.4, -0.2) is 0 Å². The third-order valence-electron chi connectivity index (χ3n) is 2.92. The second-order valence-corrected chi connectivity index (χ2v) is 4.68. The summed E-state index contributed by atoms with van der Waals surface area (Å²) >= 11 is 5.64. The summed E-state index contributed by atoms with van der Waals surface area (Å²) in [5.74, 6) is -0.403. The van der Waals surface area contributed by atoms with Gasteiger partial charge in [-0.15, -0.1) is 0 Å². The third kappa shape index (κ3) is 2.26. The normalized spacial score (nSPS) is 10.5. The second kappa shape index (κ2) is 5.00. The second-order valence-electron chi connectivity index (χ2n) is 4.27. The Bertz CT molecular complexity index is 883. The minimum Gasteiger partial charge on any atom is -0.450 e. The van der Waals surface area contributed by atoms with Crippen molar-refractivity contribution in [3.63, 3.8) is 0 Å². The first-order valence-electron chi connectivity index (χ1n) is 5.94. The fourth-order valence-corrected chi connectivity index (χ4v) is 2.11. The van der Waals surface area contributed by atoms with Gasteiger partial charge < -0.3 is 14.9 Å². The Hall–Kier alpha value is -2.71. The fourth-order valence-electron chi connectivity index (χ4n) is 1.94. The molecule has 3 aromatic rings. The molecule has 6 heteroatoms. The lowest BCUT2D eigenvalue weighted by Crippen LogP contribution is -1.94. The molecule has 0 atom stereocenters. The quantitative estimate of drug-likeness (QED) is 0.709. The van der Waals surface area contributed by atoms with Gasteiger partial charge in [0.05, 0.1) is 16.1 Å². The Labute approximate surface area is 124 Å². The standard InChI is InChI=1S/C15H8ClFN2O2/c16-9-5-11(19)13(6-10(9)17)21-15-8-3-1-2-4-12(8)20-14(15)7-18/h1-6H,19H2. The monoisotopic (exact) mass is 302 g/mol. The largest absolute Gasteiger partial charge is 0.450 e. The zero-order chi connectivity index (χ0) is 15.0. The van der Waals surface area contributed by atoms with Crippen molar-refractivity contribution in [1.82, 2.24) is 0 Å². The van der Waals surface area contributed by atoms with Gasteiger partial charge in [-0.05, 0) is 18.2 Å². The van der Waals surface area contributed by atoms with Crippen molar-refractivity contribution in [3.05, 3.63) is 53.0 Å². The Morgan fingerprint density at radius 2 is 2.05 bits per heavy atom. The molecule has 0 fully saturated rings. The van der Waals surface area contributed by atoms with Crippen molar-refractivity contribution in [2.24, 2.45) is 0 Å². The summed E-state index contributed by atoms with van der Waals surface area (Å²) < 4.78 is 24.5. The SMILES string of the molecule is N#Cc1oc2ccccc2c1Oc1cc(F)c(Cl)cc1N. The highest BCUT2D eigenvalue weighted by Crippen LogP contribution is 2.38. The lowest BCUT2D eigenvalue weighted by molar-refractivity contribution is 0.464. The van der Waals surface area contributed by atoms with E-state index in [1.165, 1.54) is 6.07 Å². The summed E-state index contributed by atoms with van der Waals surface area (Å²) in [6.07, 6.45) is 0. The molecule has 0 spiro atoms. The summed E-state index contributed by atoms with van der Waals surface area (Å²) in [4.78, 5) is 0. The number of furan rings is 1. The maximum absolute atomic E-state index is 13.5. The van der Waals surface area contributed by atoms with E-state index in [2.05, 4.69) is 0 Å². The van der Waals surface area contributed by atoms with Gasteiger partial charge in [-0.2, -0.15) is 5.26 Å². The van der Waals surface area contributed by atoms with Crippen LogP contribution in [0, 0.1) is 17.1 Å². The van der Waals surface area contributed by atoms with E-state index in [4.69, 9.17) is 31.8 Å². The van der Waals surface area contributed by atoms with Gasteiger partial charge in [-0.1, -0.05) is 23.7 Å². The van der Waals surface area contributed by atoms with Crippen LogP contribution in [0.1, 0.15) is 5.76 Å². The van der Waals surface area contributed by atoms with E-state index in [-0.39, 0.29) is 28.0 Å². The van der Waals surface area contributed by atoms with Gasteiger partial charge in [-0.25, -0.2) is 4.39 Å². The molecule has 0 aliphatic rings. The van der Waals surface area contributed by atoms with Gasteiger partial charge in [0.2, 0.25) is 5.76 Å². The number of nitrogen functional groups attached to an aromatic ring is 1. The van der Waals surface area contributed by atoms with Gasteiger partial charge in [0.1, 0.15) is 17.5 Å². The Morgan fingerprint density at radius 3 is 2.81 bits per heavy atom. The van der Waals surface area contributed by atoms with Crippen LogP contribution in [-0.2, 0) is 0 Å². The van der Waals surface area contributed by atoms with Crippen LogP contribution in [0.2, 0.25) is 5.02 Å². The van der Waals surface area contributed by atoms with E-state index >= 15 is 0 Å². The predicted octanol–water partition coefficient (Wildman–Crippen LogP) is 4.47. The van der Waals surface area contributed by atoms with Gasteiger partial charge >= 0.3 is 0 Å². The van der Waals surface area contributed by atoms with E-state index < -0.39 is 5.82 Å². The van der Waals surface area contributed by atoms with E-state index in [0.29, 0.717) is 11.0 Å². The van der Waals surface area contributed by atoms with Gasteiger partial charge in [0.15, 0.2) is 11.5 Å². The van der Waals surface area contributed by atoms with Crippen LogP contribution in [0.3, 0.4) is 0 Å². The molecular formula is C15H8ClFN2O2. The number of ether oxygens (including phenoxy) is 1. The molecule has 104 valence electrons. The third-order valence-corrected chi connectivity index (χ3v) is 3.21. The Balaban J connectivity index is 2.14. The van der Waals surface area contributed by atoms with Crippen LogP contribution in [0.4, 0.5) is 10.1 Å². The predicted molar refractivity (Wildman–Crippen MR) is 76.8 cm³/mol. The van der Waals surface area contributed by atoms with E-state index in [1.54, 1.807) is 24.3 Å². The zero-order valence-corrected chi connectivity index (χ0v) is 11.3. The minimum absolute atomic E-state index is 0.00837. The molecule has 1 aromatic heterocycles. The van der Waals surface area contributed by atoms with E-state index in [0.717, 1.165) is 6.07 Å². The fraction of sp³-hybridized carbons (Fsp3) is 0. The van der Waals surface area contributed by atoms with Crippen molar-refractivity contribution < 1.29 is 13.5 Å². The van der Waals surface area contributed by atoms with Crippen molar-refractivity contribution in [1.29, 1.82) is 5.26 Å². The summed E-state index contributed by atoms with van der Waals surface area (Å²) in [7, 11) is 0. The van der Waals surface area contributed by atoms with Crippen molar-refractivity contribution in [2.75, 3.05) is 5.73 Å². The van der Waals surface area contributed by atoms with E-state index in [1.807, 2.05) is 6.07 Å². The summed E-state index contributed by atoms with van der Waals surface area (Å²) in [6, 6.07) is 11.2. The molecule has 2 aromatic carbocycles. The number of nitrogens with zero attached hydrogens (tertiary/aromatic N) is 1. The molecule has 4 nitrogen and oxygen atoms in total. The first kappa shape index (κ1) is 13.3. The summed E-state index contributed by atoms with van der Waals surface area (Å²) in [5.41, 5.74) is 6.41. The Kier molecular flexibility index (Phi) is 3.16. The molecule has 0 saturated heterocycles. The van der Waals surface area contributed by atoms with Gasteiger partial charge in [0, 0.05) is 6.07 Å². The van der Waals surface area contributed by atoms with Crippen LogP contribution < -0.4 is 10.5 Å². The molecule has 3 rings (SSSR count). The topological polar surface area (TPSA) is 72.2 Å². The van der Waals surface area contributed by atoms with Crippen molar-refractivity contribution in [3.8, 4) is 17.6 Å². The first-order chi connectivity index (χ1) is 10.1. The smallest absolute Gasteiger partial charge is 0.247 e. The average molecular weight is 303 g/mol. The molecule has 0 unspecified atom stereocenters. The number of rotatable bonds is 2. The number of para-hydroxylation sites is 1. The highest BCUT2D eigenvalue weighted by atomic mass is 35.5. The maximum atomic E-state index is 13.5. The molecule has 0 aliphatic carbocycles. The minimum atomic E-state index is -0.660. The number of fused-ring (bicyclic) bond motifs is 1. The number of halogens is 2. The molecule has 0 bridgehead atoms. The highest BCUT2D eigenvalue weighted by Gasteiger charge is 2.18. The maximum Gasteiger partial charge on any atom is 0.247 e. The molecule has 2 N–H and O–H groups in total. The summed E-state index contributed by atoms with van der Waals surface area (Å²) in [6.45, 7) is 0.